The van der Waals surface area contributed by atoms with Crippen LogP contribution in [0.3, 0.4) is 0 Å². The zero-order chi connectivity index (χ0) is 19.2. The van der Waals surface area contributed by atoms with Gasteiger partial charge >= 0.3 is 0 Å². The second-order valence-electron chi connectivity index (χ2n) is 6.09. The minimum atomic E-state index is -0.347. The number of aryl methyl sites for hydroxylation is 1. The maximum atomic E-state index is 12.6. The van der Waals surface area contributed by atoms with Crippen molar-refractivity contribution in [2.45, 2.75) is 13.8 Å². The molecule has 2 aromatic carbocycles. The third kappa shape index (κ3) is 4.13. The lowest BCUT2D eigenvalue weighted by atomic mass is 10.1. The molecule has 0 spiro atoms. The number of carbonyl (C=O) groups is 1. The van der Waals surface area contributed by atoms with E-state index in [2.05, 4.69) is 47.3 Å². The number of pyridine rings is 1. The van der Waals surface area contributed by atoms with Crippen molar-refractivity contribution in [3.05, 3.63) is 83.7 Å². The van der Waals surface area contributed by atoms with Crippen LogP contribution in [0.15, 0.2) is 66.9 Å². The van der Waals surface area contributed by atoms with Gasteiger partial charge in [-0.3, -0.25) is 9.78 Å². The van der Waals surface area contributed by atoms with Gasteiger partial charge in [0.15, 0.2) is 0 Å². The highest BCUT2D eigenvalue weighted by Gasteiger charge is 2.14. The quantitative estimate of drug-likeness (QED) is 0.721. The smallest absolute Gasteiger partial charge is 0.274 e. The van der Waals surface area contributed by atoms with Gasteiger partial charge in [0.05, 0.1) is 11.3 Å². The first-order chi connectivity index (χ1) is 13.1. The Balaban J connectivity index is 1.88. The molecular weight excluding hydrogens is 336 g/mol. The molecule has 0 saturated carbocycles. The van der Waals surface area contributed by atoms with Crippen molar-refractivity contribution < 1.29 is 4.79 Å². The summed E-state index contributed by atoms with van der Waals surface area (Å²) in [4.78, 5) is 19.0. The van der Waals surface area contributed by atoms with Gasteiger partial charge in [-0.25, -0.2) is 0 Å². The average molecular weight is 356 g/mol. The van der Waals surface area contributed by atoms with E-state index in [1.54, 1.807) is 36.5 Å². The molecule has 134 valence electrons. The van der Waals surface area contributed by atoms with Gasteiger partial charge in [0.25, 0.3) is 5.91 Å². The summed E-state index contributed by atoms with van der Waals surface area (Å²) >= 11 is 0. The van der Waals surface area contributed by atoms with E-state index in [1.807, 2.05) is 18.2 Å². The molecule has 5 heteroatoms. The molecule has 1 N–H and O–H groups in total. The Morgan fingerprint density at radius 2 is 1.89 bits per heavy atom. The second kappa shape index (κ2) is 8.15. The molecule has 1 aromatic heterocycles. The van der Waals surface area contributed by atoms with E-state index in [0.29, 0.717) is 16.9 Å². The van der Waals surface area contributed by atoms with Crippen LogP contribution in [0.2, 0.25) is 0 Å². The van der Waals surface area contributed by atoms with Crippen molar-refractivity contribution >= 4 is 23.0 Å². The topological polar surface area (TPSA) is 69.0 Å². The van der Waals surface area contributed by atoms with Crippen LogP contribution in [0, 0.1) is 18.3 Å². The van der Waals surface area contributed by atoms with Crippen LogP contribution in [0.1, 0.15) is 28.5 Å². The minimum Gasteiger partial charge on any atom is -0.342 e. The number of para-hydroxylation sites is 1. The van der Waals surface area contributed by atoms with Crippen molar-refractivity contribution in [2.75, 3.05) is 16.8 Å². The monoisotopic (exact) mass is 356 g/mol. The zero-order valence-electron chi connectivity index (χ0n) is 15.3. The fourth-order valence-electron chi connectivity index (χ4n) is 2.90. The standard InChI is InChI=1S/C22H20N4O/c1-3-26(18-9-6-7-16(2)13-18)19-11-12-24-21(14-19)22(27)25-20-10-5-4-8-17(20)15-23/h4-14H,3H2,1-2H3,(H,25,27). The lowest BCUT2D eigenvalue weighted by Gasteiger charge is -2.24. The zero-order valence-corrected chi connectivity index (χ0v) is 15.3. The molecule has 0 aliphatic rings. The number of aromatic nitrogens is 1. The number of amides is 1. The number of benzene rings is 2. The van der Waals surface area contributed by atoms with Crippen LogP contribution >= 0.6 is 0 Å². The largest absolute Gasteiger partial charge is 0.342 e. The second-order valence-corrected chi connectivity index (χ2v) is 6.09. The van der Waals surface area contributed by atoms with Crippen LogP contribution in [-0.4, -0.2) is 17.4 Å². The van der Waals surface area contributed by atoms with E-state index >= 15 is 0 Å². The van der Waals surface area contributed by atoms with Crippen LogP contribution in [0.5, 0.6) is 0 Å². The van der Waals surface area contributed by atoms with Gasteiger partial charge in [-0.2, -0.15) is 5.26 Å². The van der Waals surface area contributed by atoms with E-state index < -0.39 is 0 Å². The fourth-order valence-corrected chi connectivity index (χ4v) is 2.90. The van der Waals surface area contributed by atoms with Crippen LogP contribution < -0.4 is 10.2 Å². The molecule has 0 radical (unpaired) electrons. The van der Waals surface area contributed by atoms with Crippen molar-refractivity contribution in [3.8, 4) is 6.07 Å². The summed E-state index contributed by atoms with van der Waals surface area (Å²) in [6.07, 6.45) is 1.62. The average Bonchev–Trinajstić information content (AvgIpc) is 2.69. The first-order valence-electron chi connectivity index (χ1n) is 8.73. The van der Waals surface area contributed by atoms with E-state index in [0.717, 1.165) is 17.9 Å². The Labute approximate surface area is 158 Å². The Morgan fingerprint density at radius 3 is 2.63 bits per heavy atom. The summed E-state index contributed by atoms with van der Waals surface area (Å²) in [7, 11) is 0. The van der Waals surface area contributed by atoms with Crippen molar-refractivity contribution in [1.82, 2.24) is 4.98 Å². The number of carbonyl (C=O) groups excluding carboxylic acids is 1. The van der Waals surface area contributed by atoms with E-state index in [1.165, 1.54) is 5.56 Å². The van der Waals surface area contributed by atoms with Crippen molar-refractivity contribution in [2.24, 2.45) is 0 Å². The van der Waals surface area contributed by atoms with Gasteiger partial charge in [-0.15, -0.1) is 0 Å². The maximum Gasteiger partial charge on any atom is 0.274 e. The van der Waals surface area contributed by atoms with E-state index in [-0.39, 0.29) is 5.91 Å². The summed E-state index contributed by atoms with van der Waals surface area (Å²) in [5.74, 6) is -0.347. The summed E-state index contributed by atoms with van der Waals surface area (Å²) in [6, 6.07) is 20.8. The SMILES string of the molecule is CCN(c1cccc(C)c1)c1ccnc(C(=O)Nc2ccccc2C#N)c1. The molecule has 1 amide bonds. The third-order valence-corrected chi connectivity index (χ3v) is 4.21. The molecule has 1 heterocycles. The predicted molar refractivity (Wildman–Crippen MR) is 107 cm³/mol. The Morgan fingerprint density at radius 1 is 1.11 bits per heavy atom. The van der Waals surface area contributed by atoms with Gasteiger partial charge in [0.1, 0.15) is 11.8 Å². The first-order valence-corrected chi connectivity index (χ1v) is 8.73. The third-order valence-electron chi connectivity index (χ3n) is 4.21. The maximum absolute atomic E-state index is 12.6. The van der Waals surface area contributed by atoms with Crippen LogP contribution in [0.25, 0.3) is 0 Å². The molecule has 0 saturated heterocycles. The Hall–Kier alpha value is -3.65. The molecule has 3 rings (SSSR count). The number of anilines is 3. The highest BCUT2D eigenvalue weighted by Crippen LogP contribution is 2.26. The molecule has 0 unspecified atom stereocenters. The Bertz CT molecular complexity index is 1010. The molecule has 27 heavy (non-hydrogen) atoms. The fraction of sp³-hybridized carbons (Fsp3) is 0.136. The number of rotatable bonds is 5. The van der Waals surface area contributed by atoms with Crippen LogP contribution in [-0.2, 0) is 0 Å². The molecule has 3 aromatic rings. The predicted octanol–water partition coefficient (Wildman–Crippen LogP) is 4.67. The first kappa shape index (κ1) is 18.2. The summed E-state index contributed by atoms with van der Waals surface area (Å²) < 4.78 is 0. The molecule has 0 aliphatic carbocycles. The van der Waals surface area contributed by atoms with Gasteiger partial charge in [0, 0.05) is 24.1 Å². The number of nitriles is 1. The summed E-state index contributed by atoms with van der Waals surface area (Å²) in [5.41, 5.74) is 4.30. The summed E-state index contributed by atoms with van der Waals surface area (Å²) in [5, 5.41) is 11.9. The molecule has 0 atom stereocenters. The van der Waals surface area contributed by atoms with Gasteiger partial charge < -0.3 is 10.2 Å². The highest BCUT2D eigenvalue weighted by atomic mass is 16.1. The number of hydrogen-bond donors (Lipinski definition) is 1. The lowest BCUT2D eigenvalue weighted by Crippen LogP contribution is -2.19. The highest BCUT2D eigenvalue weighted by molar-refractivity contribution is 6.04. The molecule has 0 bridgehead atoms. The molecular formula is C22H20N4O. The molecule has 0 fully saturated rings. The lowest BCUT2D eigenvalue weighted by molar-refractivity contribution is 0.102. The van der Waals surface area contributed by atoms with Crippen LogP contribution in [0.4, 0.5) is 17.1 Å². The van der Waals surface area contributed by atoms with E-state index in [4.69, 9.17) is 0 Å². The van der Waals surface area contributed by atoms with E-state index in [9.17, 15) is 10.1 Å². The van der Waals surface area contributed by atoms with Gasteiger partial charge in [-0.05, 0) is 55.8 Å². The normalized spacial score (nSPS) is 10.1. The number of hydrogen-bond acceptors (Lipinski definition) is 4. The summed E-state index contributed by atoms with van der Waals surface area (Å²) in [6.45, 7) is 4.87. The van der Waals surface area contributed by atoms with Gasteiger partial charge in [0.2, 0.25) is 0 Å². The van der Waals surface area contributed by atoms with Crippen molar-refractivity contribution in [3.63, 3.8) is 0 Å². The minimum absolute atomic E-state index is 0.298. The van der Waals surface area contributed by atoms with Crippen molar-refractivity contribution in [1.29, 1.82) is 5.26 Å². The molecule has 5 nitrogen and oxygen atoms in total. The molecule has 0 aliphatic heterocycles. The Kier molecular flexibility index (Phi) is 5.48. The van der Waals surface area contributed by atoms with Gasteiger partial charge in [-0.1, -0.05) is 24.3 Å². The number of nitrogens with one attached hydrogen (secondary N) is 1. The number of nitrogens with zero attached hydrogens (tertiary/aromatic N) is 3.